The molecule has 0 aromatic carbocycles. The second kappa shape index (κ2) is 7.49. The van der Waals surface area contributed by atoms with Crippen molar-refractivity contribution in [3.63, 3.8) is 0 Å². The second-order valence-electron chi connectivity index (χ2n) is 3.78. The van der Waals surface area contributed by atoms with Gasteiger partial charge in [-0.3, -0.25) is 0 Å². The van der Waals surface area contributed by atoms with Crippen LogP contribution < -0.4 is 0 Å². The third-order valence-corrected chi connectivity index (χ3v) is 3.43. The lowest BCUT2D eigenvalue weighted by Gasteiger charge is -2.16. The Morgan fingerprint density at radius 3 is 2.00 bits per heavy atom. The third kappa shape index (κ3) is 4.75. The summed E-state index contributed by atoms with van der Waals surface area (Å²) in [5.74, 6) is 1.80. The molecule has 0 rings (SSSR count). The van der Waals surface area contributed by atoms with Crippen LogP contribution in [-0.4, -0.2) is 5.75 Å². The van der Waals surface area contributed by atoms with E-state index in [9.17, 15) is 0 Å². The maximum absolute atomic E-state index is 4.33. The van der Waals surface area contributed by atoms with E-state index in [2.05, 4.69) is 40.3 Å². The Labute approximate surface area is 89.2 Å². The summed E-state index contributed by atoms with van der Waals surface area (Å²) in [5, 5.41) is 0. The van der Waals surface area contributed by atoms with Gasteiger partial charge in [-0.15, -0.1) is 0 Å². The number of hydrogen-bond acceptors (Lipinski definition) is 1. The summed E-state index contributed by atoms with van der Waals surface area (Å²) in [6, 6.07) is 0. The molecule has 78 valence electrons. The first-order valence-electron chi connectivity index (χ1n) is 5.47. The van der Waals surface area contributed by atoms with Crippen molar-refractivity contribution in [2.45, 2.75) is 53.4 Å². The van der Waals surface area contributed by atoms with E-state index in [0.717, 1.165) is 11.7 Å². The van der Waals surface area contributed by atoms with Crippen LogP contribution >= 0.6 is 12.6 Å². The summed E-state index contributed by atoms with van der Waals surface area (Å²) < 4.78 is 0. The molecule has 0 atom stereocenters. The highest BCUT2D eigenvalue weighted by molar-refractivity contribution is 7.80. The van der Waals surface area contributed by atoms with Crippen LogP contribution in [-0.2, 0) is 0 Å². The summed E-state index contributed by atoms with van der Waals surface area (Å²) in [4.78, 5) is 0. The Morgan fingerprint density at radius 2 is 1.69 bits per heavy atom. The van der Waals surface area contributed by atoms with Crippen molar-refractivity contribution in [2.75, 3.05) is 5.75 Å². The topological polar surface area (TPSA) is 0 Å². The molecular formula is C12H24S. The molecule has 0 aromatic heterocycles. The lowest BCUT2D eigenvalue weighted by atomic mass is 9.91. The fourth-order valence-corrected chi connectivity index (χ4v) is 1.88. The van der Waals surface area contributed by atoms with E-state index < -0.39 is 0 Å². The van der Waals surface area contributed by atoms with Gasteiger partial charge in [0, 0.05) is 5.75 Å². The Hall–Kier alpha value is 0.0900. The lowest BCUT2D eigenvalue weighted by Crippen LogP contribution is -2.01. The van der Waals surface area contributed by atoms with Crippen LogP contribution in [0.2, 0.25) is 0 Å². The van der Waals surface area contributed by atoms with Crippen molar-refractivity contribution in [1.82, 2.24) is 0 Å². The molecular weight excluding hydrogens is 176 g/mol. The van der Waals surface area contributed by atoms with Gasteiger partial charge in [0.2, 0.25) is 0 Å². The smallest absolute Gasteiger partial charge is 0.0112 e. The van der Waals surface area contributed by atoms with E-state index in [1.807, 2.05) is 0 Å². The van der Waals surface area contributed by atoms with E-state index in [-0.39, 0.29) is 0 Å². The van der Waals surface area contributed by atoms with Gasteiger partial charge in [0.05, 0.1) is 0 Å². The summed E-state index contributed by atoms with van der Waals surface area (Å²) in [5.41, 5.74) is 3.11. The fourth-order valence-electron chi connectivity index (χ4n) is 1.66. The molecule has 0 N–H and O–H groups in total. The van der Waals surface area contributed by atoms with Crippen molar-refractivity contribution in [3.05, 3.63) is 11.1 Å². The van der Waals surface area contributed by atoms with Gasteiger partial charge >= 0.3 is 0 Å². The van der Waals surface area contributed by atoms with Crippen molar-refractivity contribution in [2.24, 2.45) is 5.92 Å². The normalized spacial score (nSPS) is 13.4. The van der Waals surface area contributed by atoms with Gasteiger partial charge in [0.25, 0.3) is 0 Å². The molecule has 0 fully saturated rings. The van der Waals surface area contributed by atoms with Crippen LogP contribution in [0.5, 0.6) is 0 Å². The van der Waals surface area contributed by atoms with Crippen LogP contribution in [0.1, 0.15) is 53.4 Å². The van der Waals surface area contributed by atoms with E-state index in [0.29, 0.717) is 0 Å². The maximum Gasteiger partial charge on any atom is 0.0112 e. The van der Waals surface area contributed by atoms with Gasteiger partial charge in [-0.2, -0.15) is 12.6 Å². The zero-order valence-corrected chi connectivity index (χ0v) is 10.5. The van der Waals surface area contributed by atoms with Crippen molar-refractivity contribution < 1.29 is 0 Å². The maximum atomic E-state index is 4.33. The molecule has 0 aliphatic heterocycles. The van der Waals surface area contributed by atoms with Crippen molar-refractivity contribution in [3.8, 4) is 0 Å². The van der Waals surface area contributed by atoms with E-state index in [4.69, 9.17) is 0 Å². The Kier molecular flexibility index (Phi) is 7.54. The number of thiol groups is 1. The zero-order chi connectivity index (χ0) is 10.3. The Bertz CT molecular complexity index is 155. The minimum Gasteiger partial charge on any atom is -0.175 e. The summed E-state index contributed by atoms with van der Waals surface area (Å²) >= 11 is 4.33. The van der Waals surface area contributed by atoms with Gasteiger partial charge in [-0.25, -0.2) is 0 Å². The molecule has 0 radical (unpaired) electrons. The predicted octanol–water partition coefficient (Wildman–Crippen LogP) is 4.47. The Morgan fingerprint density at radius 1 is 1.15 bits per heavy atom. The molecule has 0 spiro atoms. The highest BCUT2D eigenvalue weighted by Crippen LogP contribution is 2.23. The van der Waals surface area contributed by atoms with Crippen LogP contribution in [0, 0.1) is 5.92 Å². The molecule has 13 heavy (non-hydrogen) atoms. The van der Waals surface area contributed by atoms with E-state index in [1.54, 1.807) is 5.57 Å². The minimum atomic E-state index is 0.879. The summed E-state index contributed by atoms with van der Waals surface area (Å²) in [6.45, 7) is 9.05. The summed E-state index contributed by atoms with van der Waals surface area (Å²) in [6.07, 6.45) is 5.10. The number of allylic oxidation sites excluding steroid dienone is 1. The van der Waals surface area contributed by atoms with Crippen LogP contribution in [0.15, 0.2) is 11.1 Å². The minimum absolute atomic E-state index is 0.879. The SMILES string of the molecule is CC/C(CC(CC)CC)=C(/C)CS. The lowest BCUT2D eigenvalue weighted by molar-refractivity contribution is 0.482. The fraction of sp³-hybridized carbons (Fsp3) is 0.833. The van der Waals surface area contributed by atoms with Gasteiger partial charge in [0.15, 0.2) is 0 Å². The van der Waals surface area contributed by atoms with E-state index >= 15 is 0 Å². The molecule has 0 aliphatic rings. The average Bonchev–Trinajstić information content (AvgIpc) is 2.19. The van der Waals surface area contributed by atoms with Gasteiger partial charge < -0.3 is 0 Å². The quantitative estimate of drug-likeness (QED) is 0.474. The summed E-state index contributed by atoms with van der Waals surface area (Å²) in [7, 11) is 0. The van der Waals surface area contributed by atoms with Gasteiger partial charge in [-0.05, 0) is 25.7 Å². The first kappa shape index (κ1) is 13.1. The third-order valence-electron chi connectivity index (χ3n) is 2.96. The number of rotatable bonds is 6. The highest BCUT2D eigenvalue weighted by atomic mass is 32.1. The monoisotopic (exact) mass is 200 g/mol. The van der Waals surface area contributed by atoms with Crippen molar-refractivity contribution in [1.29, 1.82) is 0 Å². The van der Waals surface area contributed by atoms with Crippen LogP contribution in [0.4, 0.5) is 0 Å². The molecule has 1 heteroatoms. The molecule has 0 saturated carbocycles. The largest absolute Gasteiger partial charge is 0.175 e. The standard InChI is InChI=1S/C12H24S/c1-5-11(6-2)8-12(7-3)10(4)9-13/h11,13H,5-9H2,1-4H3/b12-10+. The molecule has 0 amide bonds. The second-order valence-corrected chi connectivity index (χ2v) is 4.10. The zero-order valence-electron chi connectivity index (χ0n) is 9.56. The Balaban J connectivity index is 4.26. The molecule has 0 heterocycles. The molecule has 0 unspecified atom stereocenters. The van der Waals surface area contributed by atoms with E-state index in [1.165, 1.54) is 31.3 Å². The van der Waals surface area contributed by atoms with Gasteiger partial charge in [0.1, 0.15) is 0 Å². The number of hydrogen-bond donors (Lipinski definition) is 1. The van der Waals surface area contributed by atoms with Gasteiger partial charge in [-0.1, -0.05) is 44.8 Å². The molecule has 0 aromatic rings. The van der Waals surface area contributed by atoms with Crippen LogP contribution in [0.25, 0.3) is 0 Å². The molecule has 0 bridgehead atoms. The molecule has 0 aliphatic carbocycles. The van der Waals surface area contributed by atoms with Crippen molar-refractivity contribution >= 4 is 12.6 Å². The van der Waals surface area contributed by atoms with Crippen LogP contribution in [0.3, 0.4) is 0 Å². The first-order chi connectivity index (χ1) is 6.19. The molecule has 0 nitrogen and oxygen atoms in total. The highest BCUT2D eigenvalue weighted by Gasteiger charge is 2.07. The average molecular weight is 200 g/mol. The molecule has 0 saturated heterocycles. The first-order valence-corrected chi connectivity index (χ1v) is 6.11. The predicted molar refractivity (Wildman–Crippen MR) is 65.5 cm³/mol.